The lowest BCUT2D eigenvalue weighted by atomic mass is 10.0. The van der Waals surface area contributed by atoms with E-state index < -0.39 is 5.97 Å². The van der Waals surface area contributed by atoms with Gasteiger partial charge >= 0.3 is 5.97 Å². The fourth-order valence-corrected chi connectivity index (χ4v) is 2.42. The lowest BCUT2D eigenvalue weighted by Crippen LogP contribution is -2.15. The summed E-state index contributed by atoms with van der Waals surface area (Å²) >= 11 is 11.8. The highest BCUT2D eigenvalue weighted by atomic mass is 35.5. The van der Waals surface area contributed by atoms with Crippen molar-refractivity contribution in [3.8, 4) is 0 Å². The third kappa shape index (κ3) is 4.88. The number of nitrogen functional groups attached to an aromatic ring is 1. The van der Waals surface area contributed by atoms with E-state index in [-0.39, 0.29) is 16.3 Å². The third-order valence-corrected chi connectivity index (χ3v) is 3.84. The molecule has 20 heavy (non-hydrogen) atoms. The Bertz CT molecular complexity index is 463. The van der Waals surface area contributed by atoms with Crippen molar-refractivity contribution in [2.24, 2.45) is 5.92 Å². The van der Waals surface area contributed by atoms with Gasteiger partial charge in [-0.3, -0.25) is 0 Å². The van der Waals surface area contributed by atoms with E-state index in [1.165, 1.54) is 12.1 Å². The number of halogens is 2. The molecule has 1 aromatic carbocycles. The van der Waals surface area contributed by atoms with Crippen LogP contribution in [0.15, 0.2) is 12.1 Å². The van der Waals surface area contributed by atoms with Crippen LogP contribution in [-0.2, 0) is 4.74 Å². The Kier molecular flexibility index (Phi) is 7.17. The first-order chi connectivity index (χ1) is 9.49. The molecule has 0 amide bonds. The van der Waals surface area contributed by atoms with E-state index in [2.05, 4.69) is 13.8 Å². The van der Waals surface area contributed by atoms with Crippen molar-refractivity contribution in [3.05, 3.63) is 27.7 Å². The number of carbonyl (C=O) groups is 1. The minimum Gasteiger partial charge on any atom is -0.462 e. The number of carbonyl (C=O) groups excluding carboxylic acids is 1. The molecule has 5 heteroatoms. The Hall–Kier alpha value is -0.930. The number of esters is 1. The lowest BCUT2D eigenvalue weighted by Gasteiger charge is -2.15. The molecule has 1 atom stereocenters. The quantitative estimate of drug-likeness (QED) is 0.572. The number of benzene rings is 1. The number of rotatable bonds is 7. The zero-order chi connectivity index (χ0) is 15.1. The molecule has 0 saturated heterocycles. The van der Waals surface area contributed by atoms with Gasteiger partial charge in [0.25, 0.3) is 0 Å². The van der Waals surface area contributed by atoms with Crippen molar-refractivity contribution in [2.75, 3.05) is 12.3 Å². The molecule has 0 heterocycles. The number of unbranched alkanes of at least 4 members (excludes halogenated alkanes) is 1. The highest BCUT2D eigenvalue weighted by Gasteiger charge is 2.17. The van der Waals surface area contributed by atoms with E-state index in [1.54, 1.807) is 0 Å². The standard InChI is InChI=1S/C15H21Cl2NO2/c1-3-5-6-10(4-2)9-20-15(19)12-7-11(16)8-13(17)14(12)18/h7-8,10H,3-6,9,18H2,1-2H3. The van der Waals surface area contributed by atoms with Crippen LogP contribution in [-0.4, -0.2) is 12.6 Å². The predicted molar refractivity (Wildman–Crippen MR) is 84.5 cm³/mol. The maximum Gasteiger partial charge on any atom is 0.340 e. The second kappa shape index (κ2) is 8.38. The molecule has 1 aromatic rings. The predicted octanol–water partition coefficient (Wildman–Crippen LogP) is 4.95. The van der Waals surface area contributed by atoms with Crippen LogP contribution < -0.4 is 5.73 Å². The number of hydrogen-bond donors (Lipinski definition) is 1. The summed E-state index contributed by atoms with van der Waals surface area (Å²) < 4.78 is 5.33. The lowest BCUT2D eigenvalue weighted by molar-refractivity contribution is 0.0429. The van der Waals surface area contributed by atoms with E-state index >= 15 is 0 Å². The summed E-state index contributed by atoms with van der Waals surface area (Å²) in [7, 11) is 0. The molecule has 1 rings (SSSR count). The molecule has 0 fully saturated rings. The van der Waals surface area contributed by atoms with Gasteiger partial charge in [-0.25, -0.2) is 4.79 Å². The van der Waals surface area contributed by atoms with Crippen molar-refractivity contribution >= 4 is 34.9 Å². The molecule has 3 nitrogen and oxygen atoms in total. The average Bonchev–Trinajstić information content (AvgIpc) is 2.42. The summed E-state index contributed by atoms with van der Waals surface area (Å²) in [6.45, 7) is 4.64. The van der Waals surface area contributed by atoms with E-state index in [4.69, 9.17) is 33.7 Å². The molecule has 2 N–H and O–H groups in total. The van der Waals surface area contributed by atoms with Crippen LogP contribution in [0.4, 0.5) is 5.69 Å². The monoisotopic (exact) mass is 317 g/mol. The van der Waals surface area contributed by atoms with E-state index in [0.717, 1.165) is 25.7 Å². The fourth-order valence-electron chi connectivity index (χ4n) is 1.92. The number of nitrogens with two attached hydrogens (primary N) is 1. The second-order valence-electron chi connectivity index (χ2n) is 4.86. The van der Waals surface area contributed by atoms with Crippen LogP contribution in [0.2, 0.25) is 10.0 Å². The molecule has 112 valence electrons. The Morgan fingerprint density at radius 2 is 2.05 bits per heavy atom. The molecule has 0 saturated carbocycles. The van der Waals surface area contributed by atoms with Crippen LogP contribution in [0.25, 0.3) is 0 Å². The van der Waals surface area contributed by atoms with Crippen LogP contribution in [0.5, 0.6) is 0 Å². The van der Waals surface area contributed by atoms with Crippen LogP contribution >= 0.6 is 23.2 Å². The SMILES string of the molecule is CCCCC(CC)COC(=O)c1cc(Cl)cc(Cl)c1N. The number of ether oxygens (including phenoxy) is 1. The van der Waals surface area contributed by atoms with Gasteiger partial charge in [0.05, 0.1) is 22.9 Å². The summed E-state index contributed by atoms with van der Waals surface area (Å²) in [6.07, 6.45) is 4.33. The molecule has 0 radical (unpaired) electrons. The van der Waals surface area contributed by atoms with Crippen molar-refractivity contribution in [1.29, 1.82) is 0 Å². The molecule has 0 spiro atoms. The fraction of sp³-hybridized carbons (Fsp3) is 0.533. The maximum atomic E-state index is 12.0. The second-order valence-corrected chi connectivity index (χ2v) is 5.71. The molecule has 0 aliphatic rings. The van der Waals surface area contributed by atoms with Crippen molar-refractivity contribution in [2.45, 2.75) is 39.5 Å². The topological polar surface area (TPSA) is 52.3 Å². The van der Waals surface area contributed by atoms with Crippen molar-refractivity contribution in [3.63, 3.8) is 0 Å². The van der Waals surface area contributed by atoms with Gasteiger partial charge in [0.1, 0.15) is 0 Å². The Balaban J connectivity index is 2.67. The van der Waals surface area contributed by atoms with Gasteiger partial charge in [0.15, 0.2) is 0 Å². The largest absolute Gasteiger partial charge is 0.462 e. The first kappa shape index (κ1) is 17.1. The highest BCUT2D eigenvalue weighted by Crippen LogP contribution is 2.28. The van der Waals surface area contributed by atoms with Crippen LogP contribution in [0, 0.1) is 5.92 Å². The molecular formula is C15H21Cl2NO2. The molecule has 0 bridgehead atoms. The van der Waals surface area contributed by atoms with Gasteiger partial charge in [0.2, 0.25) is 0 Å². The van der Waals surface area contributed by atoms with Gasteiger partial charge in [0, 0.05) is 5.02 Å². The van der Waals surface area contributed by atoms with Crippen molar-refractivity contribution in [1.82, 2.24) is 0 Å². The summed E-state index contributed by atoms with van der Waals surface area (Å²) in [5.74, 6) is -0.0865. The van der Waals surface area contributed by atoms with Gasteiger partial charge in [-0.05, 0) is 24.5 Å². The molecule has 0 aliphatic carbocycles. The Labute approximate surface area is 130 Å². The van der Waals surface area contributed by atoms with Crippen LogP contribution in [0.3, 0.4) is 0 Å². The average molecular weight is 318 g/mol. The van der Waals surface area contributed by atoms with Gasteiger partial charge in [-0.1, -0.05) is 56.3 Å². The third-order valence-electron chi connectivity index (χ3n) is 3.31. The Morgan fingerprint density at radius 3 is 2.65 bits per heavy atom. The van der Waals surface area contributed by atoms with Gasteiger partial charge in [-0.15, -0.1) is 0 Å². The first-order valence-corrected chi connectivity index (χ1v) is 7.66. The summed E-state index contributed by atoms with van der Waals surface area (Å²) in [5.41, 5.74) is 6.22. The smallest absolute Gasteiger partial charge is 0.340 e. The van der Waals surface area contributed by atoms with Crippen LogP contribution in [0.1, 0.15) is 49.9 Å². The zero-order valence-electron chi connectivity index (χ0n) is 11.9. The molecule has 0 aliphatic heterocycles. The van der Waals surface area contributed by atoms with E-state index in [1.807, 2.05) is 0 Å². The molecule has 1 unspecified atom stereocenters. The summed E-state index contributed by atoms with van der Waals surface area (Å²) in [6, 6.07) is 2.99. The first-order valence-electron chi connectivity index (χ1n) is 6.91. The zero-order valence-corrected chi connectivity index (χ0v) is 13.4. The minimum absolute atomic E-state index is 0.211. The summed E-state index contributed by atoms with van der Waals surface area (Å²) in [4.78, 5) is 12.0. The van der Waals surface area contributed by atoms with E-state index in [9.17, 15) is 4.79 Å². The molecular weight excluding hydrogens is 297 g/mol. The molecule has 0 aromatic heterocycles. The maximum absolute atomic E-state index is 12.0. The minimum atomic E-state index is -0.471. The highest BCUT2D eigenvalue weighted by molar-refractivity contribution is 6.37. The summed E-state index contributed by atoms with van der Waals surface area (Å²) in [5, 5.41) is 0.636. The normalized spacial score (nSPS) is 12.2. The van der Waals surface area contributed by atoms with E-state index in [0.29, 0.717) is 17.5 Å². The number of hydrogen-bond acceptors (Lipinski definition) is 3. The van der Waals surface area contributed by atoms with Gasteiger partial charge < -0.3 is 10.5 Å². The van der Waals surface area contributed by atoms with Crippen molar-refractivity contribution < 1.29 is 9.53 Å². The Morgan fingerprint density at radius 1 is 1.35 bits per heavy atom. The van der Waals surface area contributed by atoms with Gasteiger partial charge in [-0.2, -0.15) is 0 Å². The number of anilines is 1.